The Morgan fingerprint density at radius 2 is 1.70 bits per heavy atom. The molecule has 1 aromatic carbocycles. The number of piperidine rings is 1. The fourth-order valence-corrected chi connectivity index (χ4v) is 4.98. The summed E-state index contributed by atoms with van der Waals surface area (Å²) in [5.74, 6) is 0.365. The maximum atomic E-state index is 13.3. The van der Waals surface area contributed by atoms with E-state index in [2.05, 4.69) is 44.7 Å². The normalized spacial score (nSPS) is 24.3. The van der Waals surface area contributed by atoms with Crippen molar-refractivity contribution in [2.24, 2.45) is 0 Å². The van der Waals surface area contributed by atoms with Gasteiger partial charge in [0, 0.05) is 18.7 Å². The number of benzene rings is 1. The Morgan fingerprint density at radius 3 is 2.26 bits per heavy atom. The Kier molecular flexibility index (Phi) is 4.50. The van der Waals surface area contributed by atoms with Crippen molar-refractivity contribution in [2.45, 2.75) is 59.4 Å². The number of hydrogen-bond donors (Lipinski definition) is 0. The number of likely N-dealkylation sites (tertiary alicyclic amines) is 1. The van der Waals surface area contributed by atoms with Crippen molar-refractivity contribution in [3.05, 3.63) is 28.8 Å². The average molecular weight is 315 g/mol. The molecule has 2 aliphatic heterocycles. The van der Waals surface area contributed by atoms with Crippen LogP contribution in [0.1, 0.15) is 49.3 Å². The summed E-state index contributed by atoms with van der Waals surface area (Å²) in [5, 5.41) is 0. The Morgan fingerprint density at radius 1 is 1.09 bits per heavy atom. The Labute approximate surface area is 140 Å². The first-order valence-corrected chi connectivity index (χ1v) is 9.23. The van der Waals surface area contributed by atoms with Crippen LogP contribution >= 0.6 is 0 Å². The standard InChI is InChI=1S/C20H31N2O/c1-5-22(11-7-6-8-12-22)18-9-10-21(20(18)23)19-16(3)13-15(2)14-17(19)4/h13-14,18H,5-12H2,1-4H3/q+1. The minimum atomic E-state index is 0.181. The van der Waals surface area contributed by atoms with Crippen LogP contribution < -0.4 is 4.90 Å². The van der Waals surface area contributed by atoms with Crippen molar-refractivity contribution in [1.82, 2.24) is 0 Å². The van der Waals surface area contributed by atoms with Crippen LogP contribution in [0.3, 0.4) is 0 Å². The number of anilines is 1. The van der Waals surface area contributed by atoms with Crippen molar-refractivity contribution in [3.63, 3.8) is 0 Å². The molecule has 2 fully saturated rings. The number of amides is 1. The average Bonchev–Trinajstić information content (AvgIpc) is 2.89. The summed E-state index contributed by atoms with van der Waals surface area (Å²) < 4.78 is 1.03. The van der Waals surface area contributed by atoms with Crippen molar-refractivity contribution in [3.8, 4) is 0 Å². The molecule has 0 spiro atoms. The molecule has 3 heteroatoms. The van der Waals surface area contributed by atoms with Crippen molar-refractivity contribution < 1.29 is 9.28 Å². The summed E-state index contributed by atoms with van der Waals surface area (Å²) in [5.41, 5.74) is 4.91. The fourth-order valence-electron chi connectivity index (χ4n) is 4.98. The molecular formula is C20H31N2O+. The van der Waals surface area contributed by atoms with Gasteiger partial charge < -0.3 is 9.38 Å². The summed E-state index contributed by atoms with van der Waals surface area (Å²) in [7, 11) is 0. The highest BCUT2D eigenvalue weighted by molar-refractivity contribution is 6.00. The molecule has 2 heterocycles. The molecule has 1 amide bonds. The van der Waals surface area contributed by atoms with Gasteiger partial charge in [0.05, 0.1) is 19.6 Å². The number of aryl methyl sites for hydroxylation is 3. The van der Waals surface area contributed by atoms with E-state index in [1.165, 1.54) is 49.0 Å². The molecule has 1 atom stereocenters. The van der Waals surface area contributed by atoms with Gasteiger partial charge in [0.2, 0.25) is 0 Å². The lowest BCUT2D eigenvalue weighted by Gasteiger charge is -2.44. The second-order valence-corrected chi connectivity index (χ2v) is 7.58. The monoisotopic (exact) mass is 315 g/mol. The molecule has 0 aromatic heterocycles. The second-order valence-electron chi connectivity index (χ2n) is 7.58. The van der Waals surface area contributed by atoms with Gasteiger partial charge in [-0.3, -0.25) is 4.79 Å². The Hall–Kier alpha value is -1.35. The van der Waals surface area contributed by atoms with Gasteiger partial charge in [0.25, 0.3) is 5.91 Å². The van der Waals surface area contributed by atoms with E-state index in [1.807, 2.05) is 0 Å². The smallest absolute Gasteiger partial charge is 0.285 e. The van der Waals surface area contributed by atoms with E-state index in [4.69, 9.17) is 0 Å². The van der Waals surface area contributed by atoms with Crippen LogP contribution in [-0.4, -0.2) is 42.6 Å². The zero-order valence-electron chi connectivity index (χ0n) is 15.2. The molecule has 0 saturated carbocycles. The van der Waals surface area contributed by atoms with Gasteiger partial charge in [-0.2, -0.15) is 0 Å². The highest BCUT2D eigenvalue weighted by atomic mass is 16.2. The minimum absolute atomic E-state index is 0.181. The van der Waals surface area contributed by atoms with E-state index >= 15 is 0 Å². The lowest BCUT2D eigenvalue weighted by Crippen LogP contribution is -2.60. The van der Waals surface area contributed by atoms with Crippen LogP contribution in [0, 0.1) is 20.8 Å². The molecule has 0 N–H and O–H groups in total. The van der Waals surface area contributed by atoms with E-state index in [0.29, 0.717) is 5.91 Å². The van der Waals surface area contributed by atoms with Gasteiger partial charge in [-0.05, 0) is 58.1 Å². The number of likely N-dealkylation sites (N-methyl/N-ethyl adjacent to an activating group) is 1. The number of hydrogen-bond acceptors (Lipinski definition) is 1. The largest absolute Gasteiger partial charge is 0.314 e. The van der Waals surface area contributed by atoms with E-state index in [0.717, 1.165) is 29.7 Å². The molecular weight excluding hydrogens is 284 g/mol. The van der Waals surface area contributed by atoms with Crippen molar-refractivity contribution in [2.75, 3.05) is 31.1 Å². The van der Waals surface area contributed by atoms with Crippen LogP contribution in [0.4, 0.5) is 5.69 Å². The van der Waals surface area contributed by atoms with E-state index in [-0.39, 0.29) is 6.04 Å². The number of carbonyl (C=O) groups excluding carboxylic acids is 1. The first kappa shape index (κ1) is 16.5. The van der Waals surface area contributed by atoms with Gasteiger partial charge in [0.1, 0.15) is 0 Å². The highest BCUT2D eigenvalue weighted by Crippen LogP contribution is 2.35. The SMILES string of the molecule is CC[N+]1(C2CCN(c3c(C)cc(C)cc3C)C2=O)CCCCC1. The molecule has 0 aliphatic carbocycles. The summed E-state index contributed by atoms with van der Waals surface area (Å²) in [4.78, 5) is 15.4. The molecule has 2 aliphatic rings. The minimum Gasteiger partial charge on any atom is -0.314 e. The van der Waals surface area contributed by atoms with Crippen LogP contribution in [0.25, 0.3) is 0 Å². The summed E-state index contributed by atoms with van der Waals surface area (Å²) in [6.07, 6.45) is 4.90. The maximum absolute atomic E-state index is 13.3. The highest BCUT2D eigenvalue weighted by Gasteiger charge is 2.47. The lowest BCUT2D eigenvalue weighted by molar-refractivity contribution is -0.944. The first-order chi connectivity index (χ1) is 11.0. The van der Waals surface area contributed by atoms with Crippen LogP contribution in [0.15, 0.2) is 12.1 Å². The molecule has 0 bridgehead atoms. The van der Waals surface area contributed by atoms with Gasteiger partial charge in [-0.25, -0.2) is 0 Å². The van der Waals surface area contributed by atoms with Gasteiger partial charge >= 0.3 is 0 Å². The predicted molar refractivity (Wildman–Crippen MR) is 95.8 cm³/mol. The third-order valence-corrected chi connectivity index (χ3v) is 6.08. The van der Waals surface area contributed by atoms with Gasteiger partial charge in [-0.15, -0.1) is 0 Å². The van der Waals surface area contributed by atoms with E-state index in [9.17, 15) is 4.79 Å². The fraction of sp³-hybridized carbons (Fsp3) is 0.650. The quantitative estimate of drug-likeness (QED) is 0.778. The summed E-state index contributed by atoms with van der Waals surface area (Å²) >= 11 is 0. The number of quaternary nitrogens is 1. The third-order valence-electron chi connectivity index (χ3n) is 6.08. The molecule has 23 heavy (non-hydrogen) atoms. The summed E-state index contributed by atoms with van der Waals surface area (Å²) in [6.45, 7) is 13.0. The number of nitrogens with zero attached hydrogens (tertiary/aromatic N) is 2. The molecule has 126 valence electrons. The number of rotatable bonds is 3. The zero-order valence-corrected chi connectivity index (χ0v) is 15.2. The van der Waals surface area contributed by atoms with E-state index in [1.54, 1.807) is 0 Å². The second kappa shape index (κ2) is 6.27. The zero-order chi connectivity index (χ0) is 16.6. The Balaban J connectivity index is 1.90. The Bertz CT molecular complexity index is 579. The maximum Gasteiger partial charge on any atom is 0.285 e. The number of carbonyl (C=O) groups is 1. The van der Waals surface area contributed by atoms with Crippen molar-refractivity contribution in [1.29, 1.82) is 0 Å². The lowest BCUT2D eigenvalue weighted by atomic mass is 10.0. The van der Waals surface area contributed by atoms with E-state index < -0.39 is 0 Å². The molecule has 3 rings (SSSR count). The van der Waals surface area contributed by atoms with Gasteiger partial charge in [0.15, 0.2) is 6.04 Å². The topological polar surface area (TPSA) is 20.3 Å². The van der Waals surface area contributed by atoms with Gasteiger partial charge in [-0.1, -0.05) is 17.7 Å². The molecule has 1 aromatic rings. The van der Waals surface area contributed by atoms with Crippen molar-refractivity contribution >= 4 is 11.6 Å². The summed E-state index contributed by atoms with van der Waals surface area (Å²) in [6, 6.07) is 4.59. The molecule has 3 nitrogen and oxygen atoms in total. The molecule has 2 saturated heterocycles. The third kappa shape index (κ3) is 2.80. The van der Waals surface area contributed by atoms with Crippen LogP contribution in [0.5, 0.6) is 0 Å². The van der Waals surface area contributed by atoms with Crippen LogP contribution in [0.2, 0.25) is 0 Å². The molecule has 1 unspecified atom stereocenters. The molecule has 0 radical (unpaired) electrons. The predicted octanol–water partition coefficient (Wildman–Crippen LogP) is 3.74. The first-order valence-electron chi connectivity index (χ1n) is 9.23. The van der Waals surface area contributed by atoms with Crippen LogP contribution in [-0.2, 0) is 4.79 Å².